The number of hydrogen-bond donors (Lipinski definition) is 2. The highest BCUT2D eigenvalue weighted by Gasteiger charge is 2.19. The normalized spacial score (nSPS) is 13.9. The molecule has 0 aliphatic carbocycles. The van der Waals surface area contributed by atoms with E-state index in [0.29, 0.717) is 17.6 Å². The van der Waals surface area contributed by atoms with Gasteiger partial charge in [-0.05, 0) is 24.1 Å². The molecule has 0 unspecified atom stereocenters. The SMILES string of the molecule is O=C(C(Cc1cccc(F)c1)=C1NCCCN1)c1ccccc1. The first-order chi connectivity index (χ1) is 11.2. The Morgan fingerprint density at radius 1 is 1.00 bits per heavy atom. The molecule has 1 saturated heterocycles. The number of nitrogens with one attached hydrogen (secondary N) is 2. The van der Waals surface area contributed by atoms with Gasteiger partial charge in [0.2, 0.25) is 0 Å². The summed E-state index contributed by atoms with van der Waals surface area (Å²) in [6, 6.07) is 15.6. The smallest absolute Gasteiger partial charge is 0.192 e. The fraction of sp³-hybridized carbons (Fsp3) is 0.211. The third-order valence-electron chi connectivity index (χ3n) is 3.84. The van der Waals surface area contributed by atoms with Crippen LogP contribution in [0.3, 0.4) is 0 Å². The number of hydrogen-bond acceptors (Lipinski definition) is 3. The van der Waals surface area contributed by atoms with Crippen molar-refractivity contribution < 1.29 is 9.18 Å². The van der Waals surface area contributed by atoms with Gasteiger partial charge >= 0.3 is 0 Å². The van der Waals surface area contributed by atoms with Gasteiger partial charge in [-0.2, -0.15) is 0 Å². The molecule has 0 radical (unpaired) electrons. The second kappa shape index (κ2) is 7.09. The number of allylic oxidation sites excluding steroid dienone is 1. The summed E-state index contributed by atoms with van der Waals surface area (Å²) in [5, 5.41) is 6.52. The molecule has 2 N–H and O–H groups in total. The van der Waals surface area contributed by atoms with Gasteiger partial charge in [0.05, 0.1) is 0 Å². The summed E-state index contributed by atoms with van der Waals surface area (Å²) >= 11 is 0. The molecule has 4 heteroatoms. The molecule has 0 spiro atoms. The average molecular weight is 310 g/mol. The quantitative estimate of drug-likeness (QED) is 0.674. The van der Waals surface area contributed by atoms with Crippen LogP contribution in [0, 0.1) is 5.82 Å². The molecule has 3 rings (SSSR count). The van der Waals surface area contributed by atoms with Gasteiger partial charge in [0, 0.05) is 30.6 Å². The molecule has 2 aromatic carbocycles. The van der Waals surface area contributed by atoms with E-state index >= 15 is 0 Å². The van der Waals surface area contributed by atoms with Gasteiger partial charge in [0.15, 0.2) is 5.78 Å². The topological polar surface area (TPSA) is 41.1 Å². The lowest BCUT2D eigenvalue weighted by Crippen LogP contribution is -2.37. The molecule has 2 aromatic rings. The Hall–Kier alpha value is -2.62. The van der Waals surface area contributed by atoms with E-state index < -0.39 is 0 Å². The Bertz CT molecular complexity index is 717. The van der Waals surface area contributed by atoms with Crippen molar-refractivity contribution in [3.8, 4) is 0 Å². The Labute approximate surface area is 135 Å². The summed E-state index contributed by atoms with van der Waals surface area (Å²) in [6.45, 7) is 1.66. The number of carbonyl (C=O) groups excluding carboxylic acids is 1. The zero-order valence-electron chi connectivity index (χ0n) is 12.8. The molecule has 1 fully saturated rings. The zero-order valence-corrected chi connectivity index (χ0v) is 12.8. The minimum absolute atomic E-state index is 0.0354. The monoisotopic (exact) mass is 310 g/mol. The van der Waals surface area contributed by atoms with E-state index in [4.69, 9.17) is 0 Å². The number of ketones is 1. The first-order valence-corrected chi connectivity index (χ1v) is 7.79. The maximum Gasteiger partial charge on any atom is 0.192 e. The van der Waals surface area contributed by atoms with Gasteiger partial charge in [-0.15, -0.1) is 0 Å². The van der Waals surface area contributed by atoms with Crippen molar-refractivity contribution in [2.45, 2.75) is 12.8 Å². The van der Waals surface area contributed by atoms with Crippen LogP contribution in [0.2, 0.25) is 0 Å². The van der Waals surface area contributed by atoms with Crippen LogP contribution in [0.5, 0.6) is 0 Å². The number of rotatable bonds is 4. The molecule has 0 saturated carbocycles. The molecule has 1 aliphatic heterocycles. The molecule has 0 amide bonds. The molecular formula is C19H19FN2O. The fourth-order valence-corrected chi connectivity index (χ4v) is 2.69. The molecule has 118 valence electrons. The predicted octanol–water partition coefficient (Wildman–Crippen LogP) is 3.05. The Morgan fingerprint density at radius 2 is 1.74 bits per heavy atom. The molecule has 1 heterocycles. The fourth-order valence-electron chi connectivity index (χ4n) is 2.69. The van der Waals surface area contributed by atoms with Crippen molar-refractivity contribution in [1.82, 2.24) is 10.6 Å². The second-order valence-electron chi connectivity index (χ2n) is 5.56. The van der Waals surface area contributed by atoms with E-state index in [1.165, 1.54) is 12.1 Å². The molecule has 0 aromatic heterocycles. The maximum atomic E-state index is 13.5. The lowest BCUT2D eigenvalue weighted by molar-refractivity contribution is 0.102. The molecular weight excluding hydrogens is 291 g/mol. The summed E-state index contributed by atoms with van der Waals surface area (Å²) in [5.41, 5.74) is 2.06. The minimum atomic E-state index is -0.288. The van der Waals surface area contributed by atoms with Crippen LogP contribution < -0.4 is 10.6 Å². The van der Waals surface area contributed by atoms with E-state index in [0.717, 1.165) is 30.9 Å². The Kier molecular flexibility index (Phi) is 4.71. The van der Waals surface area contributed by atoms with Crippen LogP contribution in [-0.4, -0.2) is 18.9 Å². The highest BCUT2D eigenvalue weighted by Crippen LogP contribution is 2.18. The molecule has 1 aliphatic rings. The Balaban J connectivity index is 1.95. The predicted molar refractivity (Wildman–Crippen MR) is 88.5 cm³/mol. The molecule has 0 atom stereocenters. The third kappa shape index (κ3) is 3.77. The van der Waals surface area contributed by atoms with Crippen LogP contribution in [0.25, 0.3) is 0 Å². The Morgan fingerprint density at radius 3 is 2.43 bits per heavy atom. The molecule has 0 bridgehead atoms. The summed E-state index contributed by atoms with van der Waals surface area (Å²) in [6.07, 6.45) is 1.40. The lowest BCUT2D eigenvalue weighted by Gasteiger charge is -2.23. The first-order valence-electron chi connectivity index (χ1n) is 7.79. The number of carbonyl (C=O) groups is 1. The van der Waals surface area contributed by atoms with Crippen LogP contribution in [0.1, 0.15) is 22.3 Å². The van der Waals surface area contributed by atoms with E-state index in [2.05, 4.69) is 10.6 Å². The minimum Gasteiger partial charge on any atom is -0.371 e. The highest BCUT2D eigenvalue weighted by molar-refractivity contribution is 6.09. The average Bonchev–Trinajstić information content (AvgIpc) is 2.61. The van der Waals surface area contributed by atoms with Crippen molar-refractivity contribution >= 4 is 5.78 Å². The van der Waals surface area contributed by atoms with Gasteiger partial charge in [0.25, 0.3) is 0 Å². The van der Waals surface area contributed by atoms with Gasteiger partial charge < -0.3 is 10.6 Å². The van der Waals surface area contributed by atoms with Gasteiger partial charge in [-0.3, -0.25) is 4.79 Å². The summed E-state index contributed by atoms with van der Waals surface area (Å²) in [7, 11) is 0. The standard InChI is InChI=1S/C19H19FN2O/c20-16-9-4-6-14(12-16)13-17(19-21-10-5-11-22-19)18(23)15-7-2-1-3-8-15/h1-4,6-9,12,21-22H,5,10-11,13H2. The zero-order chi connectivity index (χ0) is 16.1. The molecule has 23 heavy (non-hydrogen) atoms. The lowest BCUT2D eigenvalue weighted by atomic mass is 9.96. The second-order valence-corrected chi connectivity index (χ2v) is 5.56. The van der Waals surface area contributed by atoms with Gasteiger partial charge in [-0.25, -0.2) is 4.39 Å². The van der Waals surface area contributed by atoms with Crippen molar-refractivity contribution in [2.24, 2.45) is 0 Å². The van der Waals surface area contributed by atoms with Crippen LogP contribution in [0.4, 0.5) is 4.39 Å². The number of Topliss-reactive ketones (excluding diaryl/α,β-unsaturated/α-hetero) is 1. The first kappa shape index (κ1) is 15.3. The highest BCUT2D eigenvalue weighted by atomic mass is 19.1. The third-order valence-corrected chi connectivity index (χ3v) is 3.84. The van der Waals surface area contributed by atoms with E-state index in [1.807, 2.05) is 24.3 Å². The van der Waals surface area contributed by atoms with Crippen LogP contribution in [0.15, 0.2) is 66.0 Å². The van der Waals surface area contributed by atoms with Crippen molar-refractivity contribution in [3.63, 3.8) is 0 Å². The summed E-state index contributed by atoms with van der Waals surface area (Å²) in [4.78, 5) is 12.9. The van der Waals surface area contributed by atoms with Crippen LogP contribution in [-0.2, 0) is 6.42 Å². The van der Waals surface area contributed by atoms with Gasteiger partial charge in [0.1, 0.15) is 11.6 Å². The van der Waals surface area contributed by atoms with Gasteiger partial charge in [-0.1, -0.05) is 42.5 Å². The summed E-state index contributed by atoms with van der Waals surface area (Å²) < 4.78 is 13.5. The van der Waals surface area contributed by atoms with E-state index in [9.17, 15) is 9.18 Å². The van der Waals surface area contributed by atoms with Crippen molar-refractivity contribution in [3.05, 3.63) is 82.9 Å². The number of benzene rings is 2. The molecule has 3 nitrogen and oxygen atoms in total. The maximum absolute atomic E-state index is 13.5. The van der Waals surface area contributed by atoms with Crippen LogP contribution >= 0.6 is 0 Å². The van der Waals surface area contributed by atoms with Crippen molar-refractivity contribution in [1.29, 1.82) is 0 Å². The van der Waals surface area contributed by atoms with E-state index in [-0.39, 0.29) is 11.6 Å². The van der Waals surface area contributed by atoms with E-state index in [1.54, 1.807) is 18.2 Å². The summed E-state index contributed by atoms with van der Waals surface area (Å²) in [5.74, 6) is 0.435. The number of halogens is 1. The van der Waals surface area contributed by atoms with Crippen molar-refractivity contribution in [2.75, 3.05) is 13.1 Å². The largest absolute Gasteiger partial charge is 0.371 e.